The molecule has 2 aromatic rings. The molecule has 0 aliphatic carbocycles. The lowest BCUT2D eigenvalue weighted by molar-refractivity contribution is -0.119. The van der Waals surface area contributed by atoms with Crippen molar-refractivity contribution in [2.45, 2.75) is 6.92 Å². The number of amides is 1. The van der Waals surface area contributed by atoms with E-state index in [1.54, 1.807) is 24.1 Å². The van der Waals surface area contributed by atoms with Crippen molar-refractivity contribution in [3.63, 3.8) is 0 Å². The molecule has 2 N–H and O–H groups in total. The van der Waals surface area contributed by atoms with Gasteiger partial charge in [0.05, 0.1) is 12.1 Å². The Bertz CT molecular complexity index is 687. The number of fused-ring (bicyclic) bond motifs is 1. The number of hydrogen-bond acceptors (Lipinski definition) is 5. The maximum absolute atomic E-state index is 11.6. The highest BCUT2D eigenvalue weighted by Gasteiger charge is 2.18. The van der Waals surface area contributed by atoms with Gasteiger partial charge in [0.1, 0.15) is 5.82 Å². The van der Waals surface area contributed by atoms with E-state index < -0.39 is 5.97 Å². The Morgan fingerprint density at radius 3 is 2.62 bits per heavy atom. The molecule has 1 amide bonds. The Balaban J connectivity index is 2.58. The summed E-state index contributed by atoms with van der Waals surface area (Å²) in [6, 6.07) is 7.13. The quantitative estimate of drug-likeness (QED) is 0.848. The predicted molar refractivity (Wildman–Crippen MR) is 78.5 cm³/mol. The number of carbonyl (C=O) groups excluding carboxylic acids is 1. The number of hydrogen-bond donors (Lipinski definition) is 2. The molecule has 0 aliphatic heterocycles. The first kappa shape index (κ1) is 14.7. The van der Waals surface area contributed by atoms with Crippen LogP contribution in [0, 0.1) is 0 Å². The van der Waals surface area contributed by atoms with Crippen LogP contribution in [0.2, 0.25) is 0 Å². The molecule has 0 aliphatic rings. The van der Waals surface area contributed by atoms with Crippen molar-refractivity contribution >= 4 is 28.6 Å². The van der Waals surface area contributed by atoms with Gasteiger partial charge in [-0.25, -0.2) is 14.8 Å². The normalized spacial score (nSPS) is 10.4. The summed E-state index contributed by atoms with van der Waals surface area (Å²) < 4.78 is 0. The molecule has 0 unspecified atom stereocenters. The molecular formula is C14H16N4O3. The summed E-state index contributed by atoms with van der Waals surface area (Å²) in [6.07, 6.45) is 0. The van der Waals surface area contributed by atoms with Crippen molar-refractivity contribution in [3.8, 4) is 0 Å². The third kappa shape index (κ3) is 3.07. The smallest absolute Gasteiger partial charge is 0.374 e. The number of carboxylic acid groups (broad SMARTS) is 1. The predicted octanol–water partition coefficient (Wildman–Crippen LogP) is 0.900. The van der Waals surface area contributed by atoms with Gasteiger partial charge in [-0.05, 0) is 19.1 Å². The van der Waals surface area contributed by atoms with Crippen LogP contribution >= 0.6 is 0 Å². The highest BCUT2D eigenvalue weighted by Crippen LogP contribution is 2.23. The molecule has 0 spiro atoms. The van der Waals surface area contributed by atoms with Crippen LogP contribution in [0.3, 0.4) is 0 Å². The number of rotatable bonds is 5. The number of carboxylic acids is 1. The number of benzene rings is 1. The van der Waals surface area contributed by atoms with Gasteiger partial charge in [-0.1, -0.05) is 12.1 Å². The van der Waals surface area contributed by atoms with Gasteiger partial charge in [0.2, 0.25) is 11.7 Å². The average Bonchev–Trinajstić information content (AvgIpc) is 2.51. The minimum atomic E-state index is -1.20. The molecule has 1 heterocycles. The SMILES string of the molecule is CCN(CC(=O)NC)c1nc(C(=O)O)nc2ccccc12. The number of nitrogens with zero attached hydrogens (tertiary/aromatic N) is 3. The number of nitrogens with one attached hydrogen (secondary N) is 1. The number of likely N-dealkylation sites (N-methyl/N-ethyl adjacent to an activating group) is 2. The lowest BCUT2D eigenvalue weighted by Gasteiger charge is -2.22. The second kappa shape index (κ2) is 6.17. The topological polar surface area (TPSA) is 95.4 Å². The number of aromatic carboxylic acids is 1. The van der Waals surface area contributed by atoms with Crippen LogP contribution in [0.5, 0.6) is 0 Å². The Labute approximate surface area is 121 Å². The fourth-order valence-electron chi connectivity index (χ4n) is 1.99. The summed E-state index contributed by atoms with van der Waals surface area (Å²) in [7, 11) is 1.55. The summed E-state index contributed by atoms with van der Waals surface area (Å²) in [4.78, 5) is 32.6. The Morgan fingerprint density at radius 2 is 2.00 bits per heavy atom. The van der Waals surface area contributed by atoms with E-state index in [-0.39, 0.29) is 18.3 Å². The fraction of sp³-hybridized carbons (Fsp3) is 0.286. The van der Waals surface area contributed by atoms with Crippen molar-refractivity contribution in [1.82, 2.24) is 15.3 Å². The first-order valence-corrected chi connectivity index (χ1v) is 6.52. The summed E-state index contributed by atoms with van der Waals surface area (Å²) in [5.41, 5.74) is 0.537. The second-order valence-electron chi connectivity index (χ2n) is 4.38. The van der Waals surface area contributed by atoms with Crippen LogP contribution in [0.1, 0.15) is 17.5 Å². The van der Waals surface area contributed by atoms with Gasteiger partial charge in [0, 0.05) is 19.0 Å². The second-order valence-corrected chi connectivity index (χ2v) is 4.38. The van der Waals surface area contributed by atoms with Crippen molar-refractivity contribution in [2.75, 3.05) is 25.0 Å². The highest BCUT2D eigenvalue weighted by atomic mass is 16.4. The van der Waals surface area contributed by atoms with Crippen LogP contribution in [-0.4, -0.2) is 47.1 Å². The standard InChI is InChI=1S/C14H16N4O3/c1-3-18(8-11(19)15-2)13-9-6-4-5-7-10(9)16-12(17-13)14(20)21/h4-7H,3,8H2,1-2H3,(H,15,19)(H,20,21). The zero-order valence-electron chi connectivity index (χ0n) is 11.8. The molecule has 0 atom stereocenters. The van der Waals surface area contributed by atoms with Crippen LogP contribution in [0.25, 0.3) is 10.9 Å². The summed E-state index contributed by atoms with van der Waals surface area (Å²) in [5, 5.41) is 12.4. The molecule has 0 fully saturated rings. The van der Waals surface area contributed by atoms with Gasteiger partial charge in [-0.15, -0.1) is 0 Å². The zero-order chi connectivity index (χ0) is 15.4. The van der Waals surface area contributed by atoms with Gasteiger partial charge in [-0.3, -0.25) is 4.79 Å². The van der Waals surface area contributed by atoms with E-state index in [9.17, 15) is 9.59 Å². The molecule has 1 aromatic heterocycles. The number of carbonyl (C=O) groups is 2. The Hall–Kier alpha value is -2.70. The molecule has 21 heavy (non-hydrogen) atoms. The molecule has 7 nitrogen and oxygen atoms in total. The van der Waals surface area contributed by atoms with Crippen LogP contribution in [0.4, 0.5) is 5.82 Å². The zero-order valence-corrected chi connectivity index (χ0v) is 11.8. The minimum Gasteiger partial charge on any atom is -0.475 e. The van der Waals surface area contributed by atoms with Gasteiger partial charge < -0.3 is 15.3 Å². The molecule has 2 rings (SSSR count). The fourth-order valence-corrected chi connectivity index (χ4v) is 1.99. The van der Waals surface area contributed by atoms with E-state index in [0.717, 1.165) is 0 Å². The van der Waals surface area contributed by atoms with Crippen molar-refractivity contribution in [2.24, 2.45) is 0 Å². The van der Waals surface area contributed by atoms with Gasteiger partial charge >= 0.3 is 5.97 Å². The van der Waals surface area contributed by atoms with Gasteiger partial charge in [0.25, 0.3) is 0 Å². The van der Waals surface area contributed by atoms with Crippen molar-refractivity contribution < 1.29 is 14.7 Å². The summed E-state index contributed by atoms with van der Waals surface area (Å²) >= 11 is 0. The minimum absolute atomic E-state index is 0.104. The van der Waals surface area contributed by atoms with E-state index >= 15 is 0 Å². The monoisotopic (exact) mass is 288 g/mol. The molecular weight excluding hydrogens is 272 g/mol. The molecule has 1 aromatic carbocycles. The maximum Gasteiger partial charge on any atom is 0.374 e. The molecule has 0 radical (unpaired) electrons. The molecule has 0 bridgehead atoms. The molecule has 110 valence electrons. The van der Waals surface area contributed by atoms with Crippen LogP contribution in [-0.2, 0) is 4.79 Å². The van der Waals surface area contributed by atoms with E-state index in [2.05, 4.69) is 15.3 Å². The van der Waals surface area contributed by atoms with Gasteiger partial charge in [0.15, 0.2) is 0 Å². The molecule has 7 heteroatoms. The van der Waals surface area contributed by atoms with Crippen molar-refractivity contribution in [3.05, 3.63) is 30.1 Å². The first-order valence-electron chi connectivity index (χ1n) is 6.52. The van der Waals surface area contributed by atoms with Crippen molar-refractivity contribution in [1.29, 1.82) is 0 Å². The molecule has 0 saturated heterocycles. The van der Waals surface area contributed by atoms with E-state index in [0.29, 0.717) is 23.3 Å². The third-order valence-corrected chi connectivity index (χ3v) is 3.07. The largest absolute Gasteiger partial charge is 0.475 e. The van der Waals surface area contributed by atoms with E-state index in [4.69, 9.17) is 5.11 Å². The van der Waals surface area contributed by atoms with Crippen LogP contribution in [0.15, 0.2) is 24.3 Å². The first-order chi connectivity index (χ1) is 10.1. The van der Waals surface area contributed by atoms with E-state index in [1.807, 2.05) is 19.1 Å². The van der Waals surface area contributed by atoms with E-state index in [1.165, 1.54) is 0 Å². The average molecular weight is 288 g/mol. The van der Waals surface area contributed by atoms with Gasteiger partial charge in [-0.2, -0.15) is 0 Å². The Kier molecular flexibility index (Phi) is 4.32. The number of aromatic nitrogens is 2. The number of para-hydroxylation sites is 1. The highest BCUT2D eigenvalue weighted by molar-refractivity contribution is 5.95. The Morgan fingerprint density at radius 1 is 1.29 bits per heavy atom. The summed E-state index contributed by atoms with van der Waals surface area (Å²) in [5.74, 6) is -1.20. The lowest BCUT2D eigenvalue weighted by atomic mass is 10.2. The molecule has 0 saturated carbocycles. The third-order valence-electron chi connectivity index (χ3n) is 3.07. The maximum atomic E-state index is 11.6. The number of anilines is 1. The summed E-state index contributed by atoms with van der Waals surface area (Å²) in [6.45, 7) is 2.50. The van der Waals surface area contributed by atoms with Crippen LogP contribution < -0.4 is 10.2 Å². The lowest BCUT2D eigenvalue weighted by Crippen LogP contribution is -2.36.